The van der Waals surface area contributed by atoms with Crippen LogP contribution in [0.1, 0.15) is 13.8 Å². The molecular weight excluding hydrogens is 268 g/mol. The van der Waals surface area contributed by atoms with Crippen molar-refractivity contribution in [3.8, 4) is 0 Å². The van der Waals surface area contributed by atoms with Crippen LogP contribution >= 0.6 is 0 Å². The van der Waals surface area contributed by atoms with E-state index in [9.17, 15) is 0 Å². The van der Waals surface area contributed by atoms with Gasteiger partial charge in [-0.25, -0.2) is 0 Å². The molecule has 0 bridgehead atoms. The molecule has 0 saturated heterocycles. The second-order valence-corrected chi connectivity index (χ2v) is 1.41. The van der Waals surface area contributed by atoms with Gasteiger partial charge in [-0.1, -0.05) is 0 Å². The normalized spacial score (nSPS) is 4.59. The molecule has 0 fully saturated rings. The molecule has 17 heavy (non-hydrogen) atoms. The van der Waals surface area contributed by atoms with E-state index >= 15 is 0 Å². The first-order chi connectivity index (χ1) is 7.77. The molecule has 0 atom stereocenters. The van der Waals surface area contributed by atoms with Gasteiger partial charge in [0.15, 0.2) is 0 Å². The molecule has 0 amide bonds. The molecule has 0 radical (unpaired) electrons. The topological polar surface area (TPSA) is 124 Å². The third kappa shape index (κ3) is 727. The van der Waals surface area contributed by atoms with Crippen molar-refractivity contribution in [2.45, 2.75) is 19.9 Å². The van der Waals surface area contributed by atoms with Crippen LogP contribution in [0.2, 0.25) is 0 Å². The van der Waals surface area contributed by atoms with Crippen LogP contribution in [0.15, 0.2) is 10.2 Å². The number of hydrogen-bond acceptors (Lipinski definition) is 2. The fourth-order valence-corrected chi connectivity index (χ4v) is 0.231. The quantitative estimate of drug-likeness (QED) is 0.389. The Morgan fingerprint density at radius 1 is 0.706 bits per heavy atom. The van der Waals surface area contributed by atoms with E-state index < -0.39 is 0 Å². The van der Waals surface area contributed by atoms with E-state index in [4.69, 9.17) is 23.3 Å². The number of azo groups is 1. The van der Waals surface area contributed by atoms with Crippen LogP contribution in [0.5, 0.6) is 0 Å². The molecule has 0 aliphatic carbocycles. The zero-order valence-corrected chi connectivity index (χ0v) is 10.7. The van der Waals surface area contributed by atoms with Crippen LogP contribution in [-0.2, 0) is 40.6 Å². The Morgan fingerprint density at radius 3 is 0.882 bits per heavy atom. The summed E-state index contributed by atoms with van der Waals surface area (Å²) in [7, 11) is 1.68. The monoisotopic (exact) mass is 278 g/mol. The molecule has 0 saturated carbocycles. The Kier molecular flexibility index (Phi) is 507. The SMILES string of the molecule is CN=NC(C)C.[C-]#[O+].[C-]#[O+].[C-]#[O+].[C-]#[O+].[C-]#[O+].[Cr]. The minimum Gasteiger partial charge on any atom is 0 e. The summed E-state index contributed by atoms with van der Waals surface area (Å²) < 4.78 is 37.5. The molecule has 8 heteroatoms. The average Bonchev–Trinajstić information content (AvgIpc) is 2.41. The molecule has 7 nitrogen and oxygen atoms in total. The van der Waals surface area contributed by atoms with Crippen molar-refractivity contribution in [1.82, 2.24) is 0 Å². The summed E-state index contributed by atoms with van der Waals surface area (Å²) in [6, 6.07) is 0.356. The van der Waals surface area contributed by atoms with Gasteiger partial charge in [0.1, 0.15) is 0 Å². The predicted molar refractivity (Wildman–Crippen MR) is 45.6 cm³/mol. The van der Waals surface area contributed by atoms with E-state index in [-0.39, 0.29) is 17.4 Å². The first-order valence-electron chi connectivity index (χ1n) is 3.08. The van der Waals surface area contributed by atoms with E-state index in [0.29, 0.717) is 6.04 Å². The Balaban J connectivity index is -0.0000000158. The van der Waals surface area contributed by atoms with Crippen molar-refractivity contribution < 1.29 is 40.6 Å². The van der Waals surface area contributed by atoms with Gasteiger partial charge < -0.3 is 0 Å². The summed E-state index contributed by atoms with van der Waals surface area (Å²) in [4.78, 5) is 0. The molecule has 0 aliphatic heterocycles. The molecule has 0 aliphatic rings. The van der Waals surface area contributed by atoms with Crippen molar-refractivity contribution in [1.29, 1.82) is 0 Å². The van der Waals surface area contributed by atoms with Gasteiger partial charge in [-0.2, -0.15) is 10.2 Å². The molecule has 0 aromatic rings. The van der Waals surface area contributed by atoms with Crippen LogP contribution in [0.3, 0.4) is 0 Å². The third-order valence-electron chi connectivity index (χ3n) is 0.346. The second kappa shape index (κ2) is 193. The zero-order chi connectivity index (χ0) is 15.0. The van der Waals surface area contributed by atoms with Crippen molar-refractivity contribution in [3.63, 3.8) is 0 Å². The standard InChI is InChI=1S/C4H10N2.5CO.Cr/c1-4(2)6-5-3;5*1-2;/h4H,1-3H3;;;;;;. The molecule has 0 rings (SSSR count). The van der Waals surface area contributed by atoms with Crippen LogP contribution in [0.25, 0.3) is 0 Å². The summed E-state index contributed by atoms with van der Waals surface area (Å²) in [5.74, 6) is 0. The van der Waals surface area contributed by atoms with Crippen molar-refractivity contribution in [2.75, 3.05) is 7.05 Å². The van der Waals surface area contributed by atoms with Gasteiger partial charge in [0.05, 0.1) is 6.04 Å². The number of hydrogen-bond donors (Lipinski definition) is 0. The minimum atomic E-state index is 0. The van der Waals surface area contributed by atoms with Crippen LogP contribution in [0.4, 0.5) is 0 Å². The van der Waals surface area contributed by atoms with Crippen molar-refractivity contribution in [2.24, 2.45) is 10.2 Å². The Bertz CT molecular complexity index is 171. The van der Waals surface area contributed by atoms with Crippen LogP contribution < -0.4 is 0 Å². The Morgan fingerprint density at radius 2 is 0.882 bits per heavy atom. The largest absolute Gasteiger partial charge is 0 e. The van der Waals surface area contributed by atoms with Gasteiger partial charge in [-0.3, -0.25) is 0 Å². The van der Waals surface area contributed by atoms with Gasteiger partial charge >= 0.3 is 56.5 Å². The molecule has 0 spiro atoms. The van der Waals surface area contributed by atoms with E-state index in [1.807, 2.05) is 13.8 Å². The first kappa shape index (κ1) is 44.6. The summed E-state index contributed by atoms with van der Waals surface area (Å²) in [5.41, 5.74) is 0. The maximum Gasteiger partial charge on any atom is 0 e. The molecule has 0 heterocycles. The van der Waals surface area contributed by atoms with Crippen LogP contribution in [-0.4, -0.2) is 13.1 Å². The predicted octanol–water partition coefficient (Wildman–Crippen LogP) is 1.29. The van der Waals surface area contributed by atoms with E-state index in [0.717, 1.165) is 0 Å². The average molecular weight is 278 g/mol. The molecule has 0 unspecified atom stereocenters. The van der Waals surface area contributed by atoms with Gasteiger partial charge in [-0.15, -0.1) is 0 Å². The molecule has 0 N–H and O–H groups in total. The smallest absolute Gasteiger partial charge is 0 e. The Hall–Kier alpha value is -1.17. The zero-order valence-electron chi connectivity index (χ0n) is 9.42. The fraction of sp³-hybridized carbons (Fsp3) is 0.444. The Labute approximate surface area is 111 Å². The van der Waals surface area contributed by atoms with Crippen molar-refractivity contribution in [3.05, 3.63) is 33.3 Å². The summed E-state index contributed by atoms with van der Waals surface area (Å²) >= 11 is 0. The van der Waals surface area contributed by atoms with Gasteiger partial charge in [0, 0.05) is 24.4 Å². The maximum atomic E-state index is 7.50. The number of rotatable bonds is 1. The summed E-state index contributed by atoms with van der Waals surface area (Å²) in [5, 5.41) is 7.31. The van der Waals surface area contributed by atoms with Gasteiger partial charge in [-0.05, 0) is 13.8 Å². The van der Waals surface area contributed by atoms with Gasteiger partial charge in [0.25, 0.3) is 0 Å². The first-order valence-corrected chi connectivity index (χ1v) is 3.08. The summed E-state index contributed by atoms with van der Waals surface area (Å²) in [6.07, 6.45) is 0. The molecule has 0 aromatic heterocycles. The van der Waals surface area contributed by atoms with E-state index in [1.54, 1.807) is 7.05 Å². The van der Waals surface area contributed by atoms with E-state index in [2.05, 4.69) is 43.5 Å². The molecule has 0 aromatic carbocycles. The minimum absolute atomic E-state index is 0. The third-order valence-corrected chi connectivity index (χ3v) is 0.346. The van der Waals surface area contributed by atoms with E-state index in [1.165, 1.54) is 0 Å². The van der Waals surface area contributed by atoms with Gasteiger partial charge in [0.2, 0.25) is 0 Å². The maximum absolute atomic E-state index is 7.50. The second-order valence-electron chi connectivity index (χ2n) is 1.41. The van der Waals surface area contributed by atoms with Crippen molar-refractivity contribution >= 4 is 0 Å². The molecule has 92 valence electrons. The van der Waals surface area contributed by atoms with Crippen LogP contribution in [0, 0.1) is 33.3 Å². The molecular formula is C9H10CrN2O5. The fourth-order valence-electron chi connectivity index (χ4n) is 0.231. The number of nitrogens with zero attached hydrogens (tertiary/aromatic N) is 2. The summed E-state index contributed by atoms with van der Waals surface area (Å²) in [6.45, 7) is 26.5.